The van der Waals surface area contributed by atoms with Crippen molar-refractivity contribution in [3.05, 3.63) is 63.6 Å². The van der Waals surface area contributed by atoms with Crippen LogP contribution in [0.4, 0.5) is 14.7 Å². The number of carbonyl (C=O) groups is 1. The highest BCUT2D eigenvalue weighted by molar-refractivity contribution is 7.98. The molecule has 10 heteroatoms. The molecule has 0 bridgehead atoms. The summed E-state index contributed by atoms with van der Waals surface area (Å²) >= 11 is 1.34. The standard InChI is InChI=1S/C17H15F2N5O2S/c1-9-6-7-24(12-8-10(18)4-5-11(12)19)15(26)13(9)14(25)20-16-21-17(27-3)23(2)22-16/h4-8H,1-3H3,(H,20,22,25). The Kier molecular flexibility index (Phi) is 5.08. The Morgan fingerprint density at radius 3 is 2.67 bits per heavy atom. The van der Waals surface area contributed by atoms with Gasteiger partial charge in [-0.05, 0) is 36.9 Å². The van der Waals surface area contributed by atoms with Crippen molar-refractivity contribution in [1.82, 2.24) is 19.3 Å². The lowest BCUT2D eigenvalue weighted by molar-refractivity contribution is 0.102. The first-order chi connectivity index (χ1) is 12.8. The van der Waals surface area contributed by atoms with E-state index in [0.29, 0.717) is 10.7 Å². The van der Waals surface area contributed by atoms with Gasteiger partial charge in [-0.3, -0.25) is 19.5 Å². The van der Waals surface area contributed by atoms with Crippen LogP contribution in [0.2, 0.25) is 0 Å². The molecule has 0 unspecified atom stereocenters. The second-order valence-electron chi connectivity index (χ2n) is 5.64. The van der Waals surface area contributed by atoms with Crippen molar-refractivity contribution in [2.24, 2.45) is 7.05 Å². The third kappa shape index (κ3) is 3.61. The van der Waals surface area contributed by atoms with Crippen molar-refractivity contribution in [2.75, 3.05) is 11.6 Å². The Morgan fingerprint density at radius 1 is 1.26 bits per heavy atom. The second kappa shape index (κ2) is 7.31. The number of thioether (sulfide) groups is 1. The molecule has 0 aliphatic heterocycles. The number of nitrogens with one attached hydrogen (secondary N) is 1. The fourth-order valence-electron chi connectivity index (χ4n) is 2.53. The van der Waals surface area contributed by atoms with E-state index in [2.05, 4.69) is 15.4 Å². The van der Waals surface area contributed by atoms with E-state index in [9.17, 15) is 18.4 Å². The minimum absolute atomic E-state index is 0.0398. The molecule has 2 heterocycles. The van der Waals surface area contributed by atoms with E-state index >= 15 is 0 Å². The summed E-state index contributed by atoms with van der Waals surface area (Å²) in [6, 6.07) is 4.22. The van der Waals surface area contributed by atoms with Crippen molar-refractivity contribution < 1.29 is 13.6 Å². The number of pyridine rings is 1. The van der Waals surface area contributed by atoms with Gasteiger partial charge in [-0.2, -0.15) is 4.98 Å². The van der Waals surface area contributed by atoms with Gasteiger partial charge in [0, 0.05) is 19.3 Å². The second-order valence-corrected chi connectivity index (χ2v) is 6.42. The fraction of sp³-hybridized carbons (Fsp3) is 0.176. The lowest BCUT2D eigenvalue weighted by atomic mass is 10.1. The lowest BCUT2D eigenvalue weighted by Crippen LogP contribution is -2.30. The maximum Gasteiger partial charge on any atom is 0.268 e. The topological polar surface area (TPSA) is 81.8 Å². The Hall–Kier alpha value is -3.01. The lowest BCUT2D eigenvalue weighted by Gasteiger charge is -2.11. The van der Waals surface area contributed by atoms with Crippen LogP contribution in [0.25, 0.3) is 5.69 Å². The highest BCUT2D eigenvalue weighted by Crippen LogP contribution is 2.16. The van der Waals surface area contributed by atoms with Crippen LogP contribution in [0.1, 0.15) is 15.9 Å². The van der Waals surface area contributed by atoms with Gasteiger partial charge in [-0.25, -0.2) is 13.5 Å². The molecule has 0 aliphatic rings. The Labute approximate surface area is 157 Å². The van der Waals surface area contributed by atoms with Crippen molar-refractivity contribution >= 4 is 23.6 Å². The number of rotatable bonds is 4. The van der Waals surface area contributed by atoms with Crippen LogP contribution in [0, 0.1) is 18.6 Å². The van der Waals surface area contributed by atoms with Crippen LogP contribution in [0.5, 0.6) is 0 Å². The third-order valence-electron chi connectivity index (χ3n) is 3.83. The van der Waals surface area contributed by atoms with Gasteiger partial charge in [0.1, 0.15) is 17.2 Å². The Bertz CT molecular complexity index is 1090. The minimum Gasteiger partial charge on any atom is -0.289 e. The Morgan fingerprint density at radius 2 is 2.00 bits per heavy atom. The van der Waals surface area contributed by atoms with E-state index in [4.69, 9.17) is 0 Å². The summed E-state index contributed by atoms with van der Waals surface area (Å²) < 4.78 is 29.9. The van der Waals surface area contributed by atoms with Crippen molar-refractivity contribution in [1.29, 1.82) is 0 Å². The SMILES string of the molecule is CSc1nc(NC(=O)c2c(C)ccn(-c3cc(F)ccc3F)c2=O)nn1C. The van der Waals surface area contributed by atoms with Gasteiger partial charge in [0.2, 0.25) is 5.95 Å². The molecule has 0 saturated heterocycles. The molecule has 1 N–H and O–H groups in total. The van der Waals surface area contributed by atoms with Crippen LogP contribution in [0.15, 0.2) is 40.4 Å². The van der Waals surface area contributed by atoms with E-state index in [0.717, 1.165) is 22.8 Å². The maximum absolute atomic E-state index is 14.0. The number of amides is 1. The number of nitrogens with zero attached hydrogens (tertiary/aromatic N) is 4. The molecule has 1 amide bonds. The van der Waals surface area contributed by atoms with Gasteiger partial charge < -0.3 is 0 Å². The number of halogens is 2. The predicted molar refractivity (Wildman–Crippen MR) is 97.4 cm³/mol. The normalized spacial score (nSPS) is 10.9. The number of aromatic nitrogens is 4. The van der Waals surface area contributed by atoms with Crippen LogP contribution < -0.4 is 10.9 Å². The number of hydrogen-bond acceptors (Lipinski definition) is 5. The molecule has 0 spiro atoms. The molecule has 0 saturated carbocycles. The number of hydrogen-bond donors (Lipinski definition) is 1. The van der Waals surface area contributed by atoms with Crippen molar-refractivity contribution in [3.63, 3.8) is 0 Å². The summed E-state index contributed by atoms with van der Waals surface area (Å²) in [5.41, 5.74) is -0.890. The zero-order valence-corrected chi connectivity index (χ0v) is 15.5. The van der Waals surface area contributed by atoms with E-state index in [-0.39, 0.29) is 17.2 Å². The molecule has 2 aromatic heterocycles. The smallest absolute Gasteiger partial charge is 0.268 e. The van der Waals surface area contributed by atoms with Gasteiger partial charge in [0.05, 0.1) is 5.69 Å². The summed E-state index contributed by atoms with van der Waals surface area (Å²) in [5.74, 6) is -2.18. The molecule has 7 nitrogen and oxygen atoms in total. The monoisotopic (exact) mass is 391 g/mol. The summed E-state index contributed by atoms with van der Waals surface area (Å²) in [6.45, 7) is 1.57. The summed E-state index contributed by atoms with van der Waals surface area (Å²) in [6.07, 6.45) is 3.10. The first-order valence-corrected chi connectivity index (χ1v) is 8.98. The van der Waals surface area contributed by atoms with Gasteiger partial charge in [-0.15, -0.1) is 5.10 Å². The molecule has 0 radical (unpaired) electrons. The molecule has 0 atom stereocenters. The van der Waals surface area contributed by atoms with E-state index in [1.165, 1.54) is 28.7 Å². The molecular formula is C17H15F2N5O2S. The zero-order chi connectivity index (χ0) is 19.7. The van der Waals surface area contributed by atoms with Crippen molar-refractivity contribution in [2.45, 2.75) is 12.1 Å². The van der Waals surface area contributed by atoms with Gasteiger partial charge >= 0.3 is 0 Å². The first kappa shape index (κ1) is 18.8. The highest BCUT2D eigenvalue weighted by atomic mass is 32.2. The van der Waals surface area contributed by atoms with Crippen LogP contribution >= 0.6 is 11.8 Å². The van der Waals surface area contributed by atoms with E-state index < -0.39 is 23.1 Å². The fourth-order valence-corrected chi connectivity index (χ4v) is 3.01. The van der Waals surface area contributed by atoms with E-state index in [1.807, 2.05) is 6.26 Å². The average Bonchev–Trinajstić information content (AvgIpc) is 2.97. The third-order valence-corrected chi connectivity index (χ3v) is 4.55. The van der Waals surface area contributed by atoms with Crippen LogP contribution in [-0.4, -0.2) is 31.5 Å². The summed E-state index contributed by atoms with van der Waals surface area (Å²) in [4.78, 5) is 29.5. The minimum atomic E-state index is -0.787. The number of anilines is 1. The first-order valence-electron chi connectivity index (χ1n) is 7.76. The number of carbonyl (C=O) groups excluding carboxylic acids is 1. The molecule has 0 fully saturated rings. The molecule has 0 aliphatic carbocycles. The maximum atomic E-state index is 14.0. The molecule has 3 rings (SSSR count). The van der Waals surface area contributed by atoms with Gasteiger partial charge in [0.15, 0.2) is 5.16 Å². The van der Waals surface area contributed by atoms with E-state index in [1.54, 1.807) is 14.0 Å². The molecule has 3 aromatic rings. The van der Waals surface area contributed by atoms with Gasteiger partial charge in [0.25, 0.3) is 11.5 Å². The summed E-state index contributed by atoms with van der Waals surface area (Å²) in [7, 11) is 1.67. The molecule has 27 heavy (non-hydrogen) atoms. The number of aryl methyl sites for hydroxylation is 2. The Balaban J connectivity index is 2.04. The average molecular weight is 391 g/mol. The van der Waals surface area contributed by atoms with Crippen molar-refractivity contribution in [3.8, 4) is 5.69 Å². The molecular weight excluding hydrogens is 376 g/mol. The van der Waals surface area contributed by atoms with Gasteiger partial charge in [-0.1, -0.05) is 11.8 Å². The quantitative estimate of drug-likeness (QED) is 0.691. The van der Waals surface area contributed by atoms with Crippen LogP contribution in [-0.2, 0) is 7.05 Å². The zero-order valence-electron chi connectivity index (χ0n) is 14.7. The highest BCUT2D eigenvalue weighted by Gasteiger charge is 2.20. The largest absolute Gasteiger partial charge is 0.289 e. The summed E-state index contributed by atoms with van der Waals surface area (Å²) in [5, 5.41) is 7.09. The number of benzene rings is 1. The predicted octanol–water partition coefficient (Wildman–Crippen LogP) is 2.53. The molecule has 140 valence electrons. The van der Waals surface area contributed by atoms with Crippen LogP contribution in [0.3, 0.4) is 0 Å². The molecule has 1 aromatic carbocycles.